The Kier molecular flexibility index (Phi) is 4.79. The maximum absolute atomic E-state index is 5.74. The fraction of sp³-hybridized carbons (Fsp3) is 0.538. The summed E-state index contributed by atoms with van der Waals surface area (Å²) in [6, 6.07) is 6.48. The van der Waals surface area contributed by atoms with Crippen molar-refractivity contribution in [1.82, 2.24) is 5.32 Å². The largest absolute Gasteiger partial charge is 0.373 e. The first-order chi connectivity index (χ1) is 7.13. The van der Waals surface area contributed by atoms with E-state index in [0.29, 0.717) is 6.61 Å². The van der Waals surface area contributed by atoms with Gasteiger partial charge in [-0.15, -0.1) is 0 Å². The van der Waals surface area contributed by atoms with Gasteiger partial charge in [0.1, 0.15) is 0 Å². The zero-order valence-corrected chi connectivity index (χ0v) is 10.1. The van der Waals surface area contributed by atoms with Crippen LogP contribution in [0.15, 0.2) is 18.2 Å². The molecule has 0 amide bonds. The Labute approximate surface area is 92.6 Å². The molecule has 1 N–H and O–H groups in total. The van der Waals surface area contributed by atoms with E-state index >= 15 is 0 Å². The lowest BCUT2D eigenvalue weighted by molar-refractivity contribution is 0.0542. The summed E-state index contributed by atoms with van der Waals surface area (Å²) in [5.74, 6) is 0. The van der Waals surface area contributed by atoms with E-state index in [4.69, 9.17) is 4.74 Å². The standard InChI is InChI=1S/C13H21NO/c1-10-5-6-11(2)13(7-10)9-15-12(3)8-14-4/h5-7,12,14H,8-9H2,1-4H3. The Balaban J connectivity index is 2.53. The summed E-state index contributed by atoms with van der Waals surface area (Å²) in [5, 5.41) is 3.10. The molecule has 0 aliphatic rings. The van der Waals surface area contributed by atoms with E-state index in [-0.39, 0.29) is 6.10 Å². The lowest BCUT2D eigenvalue weighted by Gasteiger charge is -2.14. The van der Waals surface area contributed by atoms with Crippen LogP contribution in [0.1, 0.15) is 23.6 Å². The Morgan fingerprint density at radius 3 is 2.73 bits per heavy atom. The molecule has 1 rings (SSSR count). The van der Waals surface area contributed by atoms with Crippen LogP contribution in [0.3, 0.4) is 0 Å². The van der Waals surface area contributed by atoms with E-state index in [1.54, 1.807) is 0 Å². The van der Waals surface area contributed by atoms with Gasteiger partial charge in [0, 0.05) is 6.54 Å². The van der Waals surface area contributed by atoms with Crippen LogP contribution in [0.5, 0.6) is 0 Å². The lowest BCUT2D eigenvalue weighted by Crippen LogP contribution is -2.23. The minimum Gasteiger partial charge on any atom is -0.373 e. The van der Waals surface area contributed by atoms with Gasteiger partial charge in [-0.1, -0.05) is 23.8 Å². The number of benzene rings is 1. The van der Waals surface area contributed by atoms with E-state index in [2.05, 4.69) is 44.3 Å². The zero-order valence-electron chi connectivity index (χ0n) is 10.1. The molecule has 1 aromatic rings. The molecule has 0 bridgehead atoms. The molecular formula is C13H21NO. The molecule has 2 heteroatoms. The average Bonchev–Trinajstić information content (AvgIpc) is 2.20. The fourth-order valence-corrected chi connectivity index (χ4v) is 1.53. The Hall–Kier alpha value is -0.860. The molecular weight excluding hydrogens is 186 g/mol. The van der Waals surface area contributed by atoms with E-state index in [1.807, 2.05) is 7.05 Å². The third kappa shape index (κ3) is 4.02. The van der Waals surface area contributed by atoms with Crippen molar-refractivity contribution in [2.45, 2.75) is 33.5 Å². The monoisotopic (exact) mass is 207 g/mol. The molecule has 0 aliphatic heterocycles. The molecule has 0 fully saturated rings. The third-order valence-corrected chi connectivity index (χ3v) is 2.52. The highest BCUT2D eigenvalue weighted by Gasteiger charge is 2.03. The molecule has 0 heterocycles. The van der Waals surface area contributed by atoms with Crippen molar-refractivity contribution in [2.24, 2.45) is 0 Å². The van der Waals surface area contributed by atoms with Crippen LogP contribution in [-0.4, -0.2) is 19.7 Å². The van der Waals surface area contributed by atoms with Gasteiger partial charge in [0.15, 0.2) is 0 Å². The van der Waals surface area contributed by atoms with Gasteiger partial charge < -0.3 is 10.1 Å². The highest BCUT2D eigenvalue weighted by Crippen LogP contribution is 2.12. The summed E-state index contributed by atoms with van der Waals surface area (Å²) in [5.41, 5.74) is 3.88. The quantitative estimate of drug-likeness (QED) is 0.800. The summed E-state index contributed by atoms with van der Waals surface area (Å²) in [6.45, 7) is 7.92. The van der Waals surface area contributed by atoms with Gasteiger partial charge in [0.2, 0.25) is 0 Å². The highest BCUT2D eigenvalue weighted by atomic mass is 16.5. The molecule has 0 saturated carbocycles. The topological polar surface area (TPSA) is 21.3 Å². The van der Waals surface area contributed by atoms with E-state index in [0.717, 1.165) is 6.54 Å². The molecule has 0 aliphatic carbocycles. The highest BCUT2D eigenvalue weighted by molar-refractivity contribution is 5.29. The number of nitrogens with one attached hydrogen (secondary N) is 1. The van der Waals surface area contributed by atoms with Crippen molar-refractivity contribution in [3.05, 3.63) is 34.9 Å². The summed E-state index contributed by atoms with van der Waals surface area (Å²) >= 11 is 0. The van der Waals surface area contributed by atoms with Crippen LogP contribution in [0.2, 0.25) is 0 Å². The minimum absolute atomic E-state index is 0.259. The van der Waals surface area contributed by atoms with Crippen molar-refractivity contribution in [1.29, 1.82) is 0 Å². The predicted octanol–water partition coefficient (Wildman–Crippen LogP) is 2.43. The number of likely N-dealkylation sites (N-methyl/N-ethyl adjacent to an activating group) is 1. The maximum Gasteiger partial charge on any atom is 0.0723 e. The Morgan fingerprint density at radius 1 is 1.33 bits per heavy atom. The molecule has 1 unspecified atom stereocenters. The maximum atomic E-state index is 5.74. The SMILES string of the molecule is CNCC(C)OCc1cc(C)ccc1C. The van der Waals surface area contributed by atoms with Crippen molar-refractivity contribution < 1.29 is 4.74 Å². The zero-order chi connectivity index (χ0) is 11.3. The molecule has 0 aromatic heterocycles. The minimum atomic E-state index is 0.259. The second kappa shape index (κ2) is 5.89. The van der Waals surface area contributed by atoms with E-state index < -0.39 is 0 Å². The number of hydrogen-bond donors (Lipinski definition) is 1. The van der Waals surface area contributed by atoms with Gasteiger partial charge in [-0.05, 0) is 38.9 Å². The van der Waals surface area contributed by atoms with Crippen LogP contribution < -0.4 is 5.32 Å². The number of aryl methyl sites for hydroxylation is 2. The van der Waals surface area contributed by atoms with Gasteiger partial charge in [-0.3, -0.25) is 0 Å². The van der Waals surface area contributed by atoms with Gasteiger partial charge in [0.05, 0.1) is 12.7 Å². The fourth-order valence-electron chi connectivity index (χ4n) is 1.53. The first kappa shape index (κ1) is 12.2. The van der Waals surface area contributed by atoms with Crippen LogP contribution in [0, 0.1) is 13.8 Å². The van der Waals surface area contributed by atoms with Crippen LogP contribution in [0.25, 0.3) is 0 Å². The van der Waals surface area contributed by atoms with Crippen molar-refractivity contribution in [3.8, 4) is 0 Å². The van der Waals surface area contributed by atoms with E-state index in [1.165, 1.54) is 16.7 Å². The third-order valence-electron chi connectivity index (χ3n) is 2.52. The Bertz CT molecular complexity index is 309. The Morgan fingerprint density at radius 2 is 2.07 bits per heavy atom. The molecule has 0 saturated heterocycles. The van der Waals surface area contributed by atoms with Gasteiger partial charge in [-0.25, -0.2) is 0 Å². The van der Waals surface area contributed by atoms with Crippen molar-refractivity contribution >= 4 is 0 Å². The molecule has 2 nitrogen and oxygen atoms in total. The number of rotatable bonds is 5. The molecule has 1 atom stereocenters. The summed E-state index contributed by atoms with van der Waals surface area (Å²) in [4.78, 5) is 0. The van der Waals surface area contributed by atoms with Crippen LogP contribution in [-0.2, 0) is 11.3 Å². The second-order valence-corrected chi connectivity index (χ2v) is 4.11. The number of hydrogen-bond acceptors (Lipinski definition) is 2. The summed E-state index contributed by atoms with van der Waals surface area (Å²) < 4.78 is 5.74. The average molecular weight is 207 g/mol. The predicted molar refractivity (Wildman–Crippen MR) is 64.1 cm³/mol. The van der Waals surface area contributed by atoms with E-state index in [9.17, 15) is 0 Å². The van der Waals surface area contributed by atoms with Gasteiger partial charge in [0.25, 0.3) is 0 Å². The molecule has 0 radical (unpaired) electrons. The summed E-state index contributed by atoms with van der Waals surface area (Å²) in [7, 11) is 1.94. The number of ether oxygens (including phenoxy) is 1. The molecule has 1 aromatic carbocycles. The molecule has 15 heavy (non-hydrogen) atoms. The van der Waals surface area contributed by atoms with Crippen LogP contribution >= 0.6 is 0 Å². The van der Waals surface area contributed by atoms with Crippen molar-refractivity contribution in [3.63, 3.8) is 0 Å². The first-order valence-electron chi connectivity index (χ1n) is 5.46. The van der Waals surface area contributed by atoms with Gasteiger partial charge in [-0.2, -0.15) is 0 Å². The normalized spacial score (nSPS) is 12.8. The lowest BCUT2D eigenvalue weighted by atomic mass is 10.1. The summed E-state index contributed by atoms with van der Waals surface area (Å²) in [6.07, 6.45) is 0.259. The van der Waals surface area contributed by atoms with Gasteiger partial charge >= 0.3 is 0 Å². The first-order valence-corrected chi connectivity index (χ1v) is 5.46. The van der Waals surface area contributed by atoms with Crippen LogP contribution in [0.4, 0.5) is 0 Å². The molecule has 0 spiro atoms. The second-order valence-electron chi connectivity index (χ2n) is 4.11. The smallest absolute Gasteiger partial charge is 0.0723 e. The van der Waals surface area contributed by atoms with Crippen molar-refractivity contribution in [2.75, 3.05) is 13.6 Å². The molecule has 84 valence electrons.